The Balaban J connectivity index is 1.51. The molecule has 3 rings (SSSR count). The van der Waals surface area contributed by atoms with Crippen LogP contribution in [-0.2, 0) is 22.5 Å². The van der Waals surface area contributed by atoms with Crippen molar-refractivity contribution in [1.82, 2.24) is 10.6 Å². The second-order valence-electron chi connectivity index (χ2n) is 7.43. The Labute approximate surface area is 166 Å². The second kappa shape index (κ2) is 9.51. The molecule has 28 heavy (non-hydrogen) atoms. The zero-order chi connectivity index (χ0) is 19.9. The maximum absolute atomic E-state index is 12.3. The van der Waals surface area contributed by atoms with E-state index in [4.69, 9.17) is 4.74 Å². The molecule has 5 nitrogen and oxygen atoms in total. The highest BCUT2D eigenvalue weighted by molar-refractivity contribution is 5.94. The van der Waals surface area contributed by atoms with Crippen LogP contribution in [0.15, 0.2) is 42.5 Å². The zero-order valence-electron chi connectivity index (χ0n) is 16.6. The van der Waals surface area contributed by atoms with Gasteiger partial charge >= 0.3 is 0 Å². The predicted octanol–water partition coefficient (Wildman–Crippen LogP) is 3.07. The molecule has 2 amide bonds. The smallest absolute Gasteiger partial charge is 0.251 e. The van der Waals surface area contributed by atoms with Gasteiger partial charge in [-0.05, 0) is 55.5 Å². The minimum atomic E-state index is -0.112. The Morgan fingerprint density at radius 2 is 1.96 bits per heavy atom. The highest BCUT2D eigenvalue weighted by Crippen LogP contribution is 2.13. The van der Waals surface area contributed by atoms with Crippen molar-refractivity contribution in [2.75, 3.05) is 13.2 Å². The Kier molecular flexibility index (Phi) is 6.82. The molecule has 1 fully saturated rings. The summed E-state index contributed by atoms with van der Waals surface area (Å²) in [5.41, 5.74) is 4.80. The number of amides is 2. The summed E-state index contributed by atoms with van der Waals surface area (Å²) in [5.74, 6) is -0.138. The predicted molar refractivity (Wildman–Crippen MR) is 109 cm³/mol. The number of hydrogen-bond donors (Lipinski definition) is 2. The lowest BCUT2D eigenvalue weighted by molar-refractivity contribution is -0.120. The standard InChI is InChI=1S/C23H28N2O3/c1-16-8-9-17(2)20(11-16)13-22(26)24-14-18-5-3-6-19(12-18)23(27)25-15-21-7-4-10-28-21/h3,5-6,8-9,11-12,21H,4,7,10,13-15H2,1-2H3,(H,24,26)(H,25,27). The fourth-order valence-electron chi connectivity index (χ4n) is 3.36. The number of carbonyl (C=O) groups excluding carboxylic acids is 2. The van der Waals surface area contributed by atoms with E-state index in [9.17, 15) is 9.59 Å². The van der Waals surface area contributed by atoms with Gasteiger partial charge in [0, 0.05) is 25.3 Å². The zero-order valence-corrected chi connectivity index (χ0v) is 16.6. The third-order valence-electron chi connectivity index (χ3n) is 5.05. The van der Waals surface area contributed by atoms with Gasteiger partial charge in [0.15, 0.2) is 0 Å². The first-order chi connectivity index (χ1) is 13.5. The highest BCUT2D eigenvalue weighted by atomic mass is 16.5. The van der Waals surface area contributed by atoms with Crippen LogP contribution in [0.4, 0.5) is 0 Å². The van der Waals surface area contributed by atoms with Gasteiger partial charge in [0.2, 0.25) is 5.91 Å². The number of aryl methyl sites for hydroxylation is 2. The van der Waals surface area contributed by atoms with Gasteiger partial charge in [-0.15, -0.1) is 0 Å². The van der Waals surface area contributed by atoms with Gasteiger partial charge in [0.1, 0.15) is 0 Å². The van der Waals surface area contributed by atoms with E-state index in [1.54, 1.807) is 6.07 Å². The van der Waals surface area contributed by atoms with E-state index in [2.05, 4.69) is 10.6 Å². The van der Waals surface area contributed by atoms with Crippen molar-refractivity contribution in [2.24, 2.45) is 0 Å². The molecule has 0 radical (unpaired) electrons. The van der Waals surface area contributed by atoms with Crippen LogP contribution in [0.2, 0.25) is 0 Å². The summed E-state index contributed by atoms with van der Waals surface area (Å²) in [6.45, 7) is 5.75. The normalized spacial score (nSPS) is 16.0. The van der Waals surface area contributed by atoms with Crippen LogP contribution in [0.25, 0.3) is 0 Å². The molecule has 0 bridgehead atoms. The van der Waals surface area contributed by atoms with Gasteiger partial charge in [-0.3, -0.25) is 9.59 Å². The summed E-state index contributed by atoms with van der Waals surface area (Å²) >= 11 is 0. The van der Waals surface area contributed by atoms with E-state index in [1.165, 1.54) is 0 Å². The molecule has 1 aliphatic heterocycles. The molecule has 2 aromatic carbocycles. The molecular formula is C23H28N2O3. The SMILES string of the molecule is Cc1ccc(C)c(CC(=O)NCc2cccc(C(=O)NCC3CCCO3)c2)c1. The molecule has 148 valence electrons. The van der Waals surface area contributed by atoms with Crippen LogP contribution in [0, 0.1) is 13.8 Å². The molecule has 0 aromatic heterocycles. The minimum Gasteiger partial charge on any atom is -0.376 e. The maximum Gasteiger partial charge on any atom is 0.251 e. The van der Waals surface area contributed by atoms with Crippen molar-refractivity contribution in [3.05, 3.63) is 70.3 Å². The Morgan fingerprint density at radius 3 is 2.75 bits per heavy atom. The molecule has 2 N–H and O–H groups in total. The molecule has 0 saturated carbocycles. The Morgan fingerprint density at radius 1 is 1.11 bits per heavy atom. The summed E-state index contributed by atoms with van der Waals surface area (Å²) in [4.78, 5) is 24.7. The van der Waals surface area contributed by atoms with Crippen LogP contribution >= 0.6 is 0 Å². The molecular weight excluding hydrogens is 352 g/mol. The van der Waals surface area contributed by atoms with Crippen molar-refractivity contribution in [3.8, 4) is 0 Å². The lowest BCUT2D eigenvalue weighted by Gasteiger charge is -2.12. The number of benzene rings is 2. The summed E-state index contributed by atoms with van der Waals surface area (Å²) in [6, 6.07) is 13.5. The molecule has 1 atom stereocenters. The number of hydrogen-bond acceptors (Lipinski definition) is 3. The van der Waals surface area contributed by atoms with Crippen LogP contribution in [-0.4, -0.2) is 31.1 Å². The van der Waals surface area contributed by atoms with Crippen molar-refractivity contribution in [2.45, 2.75) is 45.8 Å². The van der Waals surface area contributed by atoms with E-state index in [0.717, 1.165) is 41.7 Å². The van der Waals surface area contributed by atoms with E-state index in [1.807, 2.05) is 50.2 Å². The van der Waals surface area contributed by atoms with Crippen LogP contribution in [0.3, 0.4) is 0 Å². The quantitative estimate of drug-likeness (QED) is 0.776. The van der Waals surface area contributed by atoms with E-state index < -0.39 is 0 Å². The first kappa shape index (κ1) is 20.1. The second-order valence-corrected chi connectivity index (χ2v) is 7.43. The van der Waals surface area contributed by atoms with Gasteiger partial charge in [-0.1, -0.05) is 35.9 Å². The average Bonchev–Trinajstić information content (AvgIpc) is 3.21. The average molecular weight is 380 g/mol. The molecule has 0 spiro atoms. The molecule has 2 aromatic rings. The molecule has 1 saturated heterocycles. The first-order valence-corrected chi connectivity index (χ1v) is 9.83. The van der Waals surface area contributed by atoms with Gasteiger partial charge < -0.3 is 15.4 Å². The van der Waals surface area contributed by atoms with E-state index in [-0.39, 0.29) is 17.9 Å². The minimum absolute atomic E-state index is 0.0260. The lowest BCUT2D eigenvalue weighted by atomic mass is 10.0. The molecule has 5 heteroatoms. The third-order valence-corrected chi connectivity index (χ3v) is 5.05. The van der Waals surface area contributed by atoms with Crippen LogP contribution in [0.5, 0.6) is 0 Å². The summed E-state index contributed by atoms with van der Waals surface area (Å²) in [5, 5.41) is 5.87. The molecule has 0 aliphatic carbocycles. The maximum atomic E-state index is 12.3. The Hall–Kier alpha value is -2.66. The lowest BCUT2D eigenvalue weighted by Crippen LogP contribution is -2.31. The highest BCUT2D eigenvalue weighted by Gasteiger charge is 2.16. The summed E-state index contributed by atoms with van der Waals surface area (Å²) < 4.78 is 5.53. The summed E-state index contributed by atoms with van der Waals surface area (Å²) in [6.07, 6.45) is 2.52. The number of ether oxygens (including phenoxy) is 1. The molecule has 1 aliphatic rings. The third kappa shape index (κ3) is 5.67. The first-order valence-electron chi connectivity index (χ1n) is 9.83. The van der Waals surface area contributed by atoms with Crippen molar-refractivity contribution in [1.29, 1.82) is 0 Å². The van der Waals surface area contributed by atoms with Crippen LogP contribution in [0.1, 0.15) is 45.5 Å². The fraction of sp³-hybridized carbons (Fsp3) is 0.391. The number of nitrogens with one attached hydrogen (secondary N) is 2. The van der Waals surface area contributed by atoms with Gasteiger partial charge in [0.05, 0.1) is 12.5 Å². The monoisotopic (exact) mass is 380 g/mol. The largest absolute Gasteiger partial charge is 0.376 e. The van der Waals surface area contributed by atoms with Gasteiger partial charge in [0.25, 0.3) is 5.91 Å². The number of carbonyl (C=O) groups is 2. The Bertz CT molecular complexity index is 841. The van der Waals surface area contributed by atoms with Crippen molar-refractivity contribution < 1.29 is 14.3 Å². The van der Waals surface area contributed by atoms with E-state index >= 15 is 0 Å². The number of rotatable bonds is 7. The molecule has 1 heterocycles. The molecule has 1 unspecified atom stereocenters. The summed E-state index contributed by atoms with van der Waals surface area (Å²) in [7, 11) is 0. The van der Waals surface area contributed by atoms with Crippen molar-refractivity contribution >= 4 is 11.8 Å². The van der Waals surface area contributed by atoms with E-state index in [0.29, 0.717) is 25.1 Å². The van der Waals surface area contributed by atoms with Gasteiger partial charge in [-0.25, -0.2) is 0 Å². The fourth-order valence-corrected chi connectivity index (χ4v) is 3.36. The van der Waals surface area contributed by atoms with Crippen molar-refractivity contribution in [3.63, 3.8) is 0 Å². The van der Waals surface area contributed by atoms with Gasteiger partial charge in [-0.2, -0.15) is 0 Å². The topological polar surface area (TPSA) is 67.4 Å². The van der Waals surface area contributed by atoms with Crippen LogP contribution < -0.4 is 10.6 Å².